The minimum atomic E-state index is -4.01. The largest absolute Gasteiger partial charge is 0.460 e. The number of benzene rings is 3. The van der Waals surface area contributed by atoms with Crippen LogP contribution in [-0.2, 0) is 21.3 Å². The summed E-state index contributed by atoms with van der Waals surface area (Å²) in [6.07, 6.45) is 0. The van der Waals surface area contributed by atoms with Gasteiger partial charge in [0.25, 0.3) is 11.8 Å². The van der Waals surface area contributed by atoms with Crippen LogP contribution in [0.1, 0.15) is 36.6 Å². The number of nitrogens with one attached hydrogen (secondary N) is 1. The van der Waals surface area contributed by atoms with Gasteiger partial charge in [-0.1, -0.05) is 54.1 Å². The summed E-state index contributed by atoms with van der Waals surface area (Å²) >= 11 is 6.08. The SMILES string of the molecule is O=C(OCCN1C(=O)c2ccccc2C1=O)c1ccc(Cl)c(S(=O)(=O)NCc2ccccc2)c1. The van der Waals surface area contributed by atoms with Crippen LogP contribution in [0.15, 0.2) is 77.7 Å². The zero-order valence-corrected chi connectivity index (χ0v) is 19.3. The van der Waals surface area contributed by atoms with Gasteiger partial charge in [0.05, 0.1) is 28.3 Å². The van der Waals surface area contributed by atoms with Crippen LogP contribution in [0.4, 0.5) is 0 Å². The van der Waals surface area contributed by atoms with Crippen molar-refractivity contribution in [3.8, 4) is 0 Å². The molecule has 0 saturated heterocycles. The van der Waals surface area contributed by atoms with Crippen molar-refractivity contribution in [1.82, 2.24) is 9.62 Å². The first-order valence-electron chi connectivity index (χ1n) is 10.2. The minimum Gasteiger partial charge on any atom is -0.460 e. The molecule has 3 aromatic rings. The minimum absolute atomic E-state index is 0.0353. The first kappa shape index (κ1) is 23.6. The second-order valence-electron chi connectivity index (χ2n) is 7.40. The average Bonchev–Trinajstić information content (AvgIpc) is 3.08. The first-order chi connectivity index (χ1) is 16.3. The Bertz CT molecular complexity index is 1340. The van der Waals surface area contributed by atoms with Crippen LogP contribution in [-0.4, -0.2) is 44.3 Å². The lowest BCUT2D eigenvalue weighted by Crippen LogP contribution is -2.33. The predicted molar refractivity (Wildman–Crippen MR) is 124 cm³/mol. The van der Waals surface area contributed by atoms with Crippen LogP contribution in [0, 0.1) is 0 Å². The molecule has 1 heterocycles. The molecule has 10 heteroatoms. The van der Waals surface area contributed by atoms with Crippen molar-refractivity contribution in [2.45, 2.75) is 11.4 Å². The number of hydrogen-bond donors (Lipinski definition) is 1. The summed E-state index contributed by atoms with van der Waals surface area (Å²) in [7, 11) is -4.01. The summed E-state index contributed by atoms with van der Waals surface area (Å²) in [6.45, 7) is -0.328. The van der Waals surface area contributed by atoms with E-state index in [4.69, 9.17) is 16.3 Å². The third-order valence-electron chi connectivity index (χ3n) is 5.19. The monoisotopic (exact) mass is 498 g/mol. The smallest absolute Gasteiger partial charge is 0.338 e. The first-order valence-corrected chi connectivity index (χ1v) is 12.1. The molecule has 0 aromatic heterocycles. The van der Waals surface area contributed by atoms with Gasteiger partial charge in [-0.25, -0.2) is 17.9 Å². The summed E-state index contributed by atoms with van der Waals surface area (Å²) in [4.78, 5) is 38.0. The number of imide groups is 1. The fraction of sp³-hybridized carbons (Fsp3) is 0.125. The molecule has 174 valence electrons. The highest BCUT2D eigenvalue weighted by atomic mass is 35.5. The lowest BCUT2D eigenvalue weighted by Gasteiger charge is -2.14. The van der Waals surface area contributed by atoms with Gasteiger partial charge < -0.3 is 4.74 Å². The van der Waals surface area contributed by atoms with Crippen LogP contribution in [0.25, 0.3) is 0 Å². The molecule has 0 bridgehead atoms. The van der Waals surface area contributed by atoms with Crippen molar-refractivity contribution in [2.24, 2.45) is 0 Å². The molecule has 0 fully saturated rings. The fourth-order valence-corrected chi connectivity index (χ4v) is 4.98. The Morgan fingerprint density at radius 3 is 2.18 bits per heavy atom. The molecule has 1 N–H and O–H groups in total. The van der Waals surface area contributed by atoms with E-state index in [1.165, 1.54) is 12.1 Å². The van der Waals surface area contributed by atoms with Crippen LogP contribution < -0.4 is 4.72 Å². The lowest BCUT2D eigenvalue weighted by molar-refractivity contribution is 0.0420. The van der Waals surface area contributed by atoms with Gasteiger partial charge in [0, 0.05) is 6.54 Å². The third-order valence-corrected chi connectivity index (χ3v) is 7.07. The van der Waals surface area contributed by atoms with Crippen molar-refractivity contribution in [2.75, 3.05) is 13.2 Å². The normalized spacial score (nSPS) is 13.1. The Hall–Kier alpha value is -3.53. The maximum Gasteiger partial charge on any atom is 0.338 e. The van der Waals surface area contributed by atoms with E-state index in [1.54, 1.807) is 48.5 Å². The second kappa shape index (κ2) is 9.76. The highest BCUT2D eigenvalue weighted by molar-refractivity contribution is 7.89. The van der Waals surface area contributed by atoms with E-state index < -0.39 is 27.8 Å². The van der Waals surface area contributed by atoms with E-state index in [0.717, 1.165) is 16.5 Å². The molecule has 1 aliphatic heterocycles. The van der Waals surface area contributed by atoms with Gasteiger partial charge >= 0.3 is 5.97 Å². The van der Waals surface area contributed by atoms with Gasteiger partial charge in [-0.05, 0) is 35.9 Å². The Morgan fingerprint density at radius 2 is 1.53 bits per heavy atom. The number of ether oxygens (including phenoxy) is 1. The van der Waals surface area contributed by atoms with Gasteiger partial charge in [0.2, 0.25) is 10.0 Å². The Kier molecular flexibility index (Phi) is 6.78. The molecule has 0 spiro atoms. The topological polar surface area (TPSA) is 110 Å². The fourth-order valence-electron chi connectivity index (χ4n) is 3.44. The number of hydrogen-bond acceptors (Lipinski definition) is 6. The summed E-state index contributed by atoms with van der Waals surface area (Å²) in [5.74, 6) is -1.73. The molecule has 34 heavy (non-hydrogen) atoms. The molecule has 3 aromatic carbocycles. The number of sulfonamides is 1. The van der Waals surface area contributed by atoms with Crippen molar-refractivity contribution in [3.63, 3.8) is 0 Å². The zero-order valence-electron chi connectivity index (χ0n) is 17.7. The summed E-state index contributed by atoms with van der Waals surface area (Å²) in [5, 5.41) is -0.0527. The van der Waals surface area contributed by atoms with Crippen LogP contribution in [0.5, 0.6) is 0 Å². The third kappa shape index (κ3) is 4.86. The van der Waals surface area contributed by atoms with Crippen molar-refractivity contribution < 1.29 is 27.5 Å². The van der Waals surface area contributed by atoms with Crippen LogP contribution in [0.3, 0.4) is 0 Å². The zero-order chi connectivity index (χ0) is 24.3. The van der Waals surface area contributed by atoms with Crippen molar-refractivity contribution >= 4 is 39.4 Å². The summed E-state index contributed by atoms with van der Waals surface area (Å²) < 4.78 is 33.1. The van der Waals surface area contributed by atoms with E-state index >= 15 is 0 Å². The molecule has 0 saturated carbocycles. The summed E-state index contributed by atoms with van der Waals surface area (Å²) in [5.41, 5.74) is 1.32. The molecule has 4 rings (SSSR count). The number of carbonyl (C=O) groups excluding carboxylic acids is 3. The molecule has 8 nitrogen and oxygen atoms in total. The Balaban J connectivity index is 1.40. The average molecular weight is 499 g/mol. The Morgan fingerprint density at radius 1 is 0.912 bits per heavy atom. The number of amides is 2. The van der Waals surface area contributed by atoms with E-state index in [-0.39, 0.29) is 35.2 Å². The number of carbonyl (C=O) groups is 3. The van der Waals surface area contributed by atoms with E-state index in [9.17, 15) is 22.8 Å². The van der Waals surface area contributed by atoms with Crippen molar-refractivity contribution in [3.05, 3.63) is 100 Å². The number of fused-ring (bicyclic) bond motifs is 1. The molecule has 1 aliphatic rings. The highest BCUT2D eigenvalue weighted by Gasteiger charge is 2.34. The quantitative estimate of drug-likeness (QED) is 0.377. The van der Waals surface area contributed by atoms with Gasteiger partial charge in [-0.2, -0.15) is 0 Å². The maximum absolute atomic E-state index is 12.7. The molecule has 0 radical (unpaired) electrons. The van der Waals surface area contributed by atoms with Crippen LogP contribution in [0.2, 0.25) is 5.02 Å². The van der Waals surface area contributed by atoms with Gasteiger partial charge in [0.15, 0.2) is 0 Å². The van der Waals surface area contributed by atoms with E-state index in [0.29, 0.717) is 11.1 Å². The van der Waals surface area contributed by atoms with Gasteiger partial charge in [-0.3, -0.25) is 14.5 Å². The molecular weight excluding hydrogens is 480 g/mol. The van der Waals surface area contributed by atoms with E-state index in [2.05, 4.69) is 4.72 Å². The second-order valence-corrected chi connectivity index (χ2v) is 9.54. The molecule has 0 unspecified atom stereocenters. The number of esters is 1. The van der Waals surface area contributed by atoms with Crippen molar-refractivity contribution in [1.29, 1.82) is 0 Å². The lowest BCUT2D eigenvalue weighted by atomic mass is 10.1. The Labute approximate surface area is 201 Å². The molecule has 2 amide bonds. The van der Waals surface area contributed by atoms with Gasteiger partial charge in [-0.15, -0.1) is 0 Å². The summed E-state index contributed by atoms with van der Waals surface area (Å²) in [6, 6.07) is 19.1. The van der Waals surface area contributed by atoms with Gasteiger partial charge in [0.1, 0.15) is 11.5 Å². The number of rotatable bonds is 8. The predicted octanol–water partition coefficient (Wildman–Crippen LogP) is 3.27. The maximum atomic E-state index is 12.7. The highest BCUT2D eigenvalue weighted by Crippen LogP contribution is 2.24. The molecule has 0 aliphatic carbocycles. The number of halogens is 1. The van der Waals surface area contributed by atoms with E-state index in [1.807, 2.05) is 6.07 Å². The number of nitrogens with zero attached hydrogens (tertiary/aromatic N) is 1. The molecular formula is C24H19ClN2O6S. The molecule has 0 atom stereocenters. The van der Waals surface area contributed by atoms with Crippen LogP contribution >= 0.6 is 11.6 Å². The standard InChI is InChI=1S/C24H19ClN2O6S/c25-20-11-10-17(14-21(20)34(31,32)26-15-16-6-2-1-3-7-16)24(30)33-13-12-27-22(28)18-8-4-5-9-19(18)23(27)29/h1-11,14,26H,12-13,15H2.